The number of hydrogen-bond donors (Lipinski definition) is 1. The van der Waals surface area contributed by atoms with Crippen molar-refractivity contribution in [3.63, 3.8) is 0 Å². The number of ether oxygens (including phenoxy) is 1. The molecule has 2 aromatic rings. The van der Waals surface area contributed by atoms with Gasteiger partial charge in [-0.3, -0.25) is 14.5 Å². The van der Waals surface area contributed by atoms with Crippen molar-refractivity contribution in [1.82, 2.24) is 10.3 Å². The number of benzene rings is 1. The van der Waals surface area contributed by atoms with Crippen molar-refractivity contribution in [2.45, 2.75) is 32.2 Å². The van der Waals surface area contributed by atoms with E-state index in [1.807, 2.05) is 0 Å². The predicted octanol–water partition coefficient (Wildman–Crippen LogP) is 3.03. The van der Waals surface area contributed by atoms with Crippen LogP contribution in [0.4, 0.5) is 18.3 Å². The summed E-state index contributed by atoms with van der Waals surface area (Å²) in [4.78, 5) is 29.7. The van der Waals surface area contributed by atoms with Gasteiger partial charge < -0.3 is 10.1 Å². The van der Waals surface area contributed by atoms with Crippen LogP contribution in [0.1, 0.15) is 24.1 Å². The molecule has 27 heavy (non-hydrogen) atoms. The number of carbonyl (C=O) groups excluding carboxylic acids is 2. The summed E-state index contributed by atoms with van der Waals surface area (Å²) in [6.45, 7) is 0.515. The number of carbonyl (C=O) groups is 2. The molecule has 10 heteroatoms. The Morgan fingerprint density at radius 2 is 2.11 bits per heavy atom. The van der Waals surface area contributed by atoms with E-state index in [-0.39, 0.29) is 36.1 Å². The SMILES string of the molecule is O=C(Cc1csc(N2CCCC2=O)n1)NCc1ccccc1OC(F)(F)F. The first-order valence-corrected chi connectivity index (χ1v) is 9.05. The minimum atomic E-state index is -4.80. The number of nitrogens with zero attached hydrogens (tertiary/aromatic N) is 2. The van der Waals surface area contributed by atoms with Crippen LogP contribution in [-0.4, -0.2) is 29.7 Å². The maximum atomic E-state index is 12.4. The molecule has 3 rings (SSSR count). The van der Waals surface area contributed by atoms with E-state index in [0.717, 1.165) is 6.42 Å². The van der Waals surface area contributed by atoms with E-state index < -0.39 is 6.36 Å². The first-order valence-electron chi connectivity index (χ1n) is 8.17. The fraction of sp³-hybridized carbons (Fsp3) is 0.353. The number of alkyl halides is 3. The zero-order valence-electron chi connectivity index (χ0n) is 14.1. The van der Waals surface area contributed by atoms with Crippen LogP contribution in [0.25, 0.3) is 0 Å². The van der Waals surface area contributed by atoms with Gasteiger partial charge in [-0.2, -0.15) is 0 Å². The molecule has 1 aromatic heterocycles. The number of amides is 2. The molecule has 1 aliphatic rings. The van der Waals surface area contributed by atoms with Crippen LogP contribution in [-0.2, 0) is 22.6 Å². The Hall–Kier alpha value is -2.62. The highest BCUT2D eigenvalue weighted by atomic mass is 32.1. The number of nitrogens with one attached hydrogen (secondary N) is 1. The van der Waals surface area contributed by atoms with Crippen LogP contribution >= 0.6 is 11.3 Å². The summed E-state index contributed by atoms with van der Waals surface area (Å²) in [6.07, 6.45) is -3.55. The van der Waals surface area contributed by atoms with Gasteiger partial charge in [-0.1, -0.05) is 18.2 Å². The van der Waals surface area contributed by atoms with Crippen molar-refractivity contribution in [3.8, 4) is 5.75 Å². The minimum Gasteiger partial charge on any atom is -0.405 e. The second kappa shape index (κ2) is 7.95. The molecule has 2 amide bonds. The minimum absolute atomic E-state index is 0.0154. The average molecular weight is 399 g/mol. The fourth-order valence-corrected chi connectivity index (χ4v) is 3.51. The maximum Gasteiger partial charge on any atom is 0.573 e. The molecule has 0 unspecified atom stereocenters. The molecule has 144 valence electrons. The van der Waals surface area contributed by atoms with Gasteiger partial charge in [0.05, 0.1) is 12.1 Å². The Morgan fingerprint density at radius 1 is 1.33 bits per heavy atom. The maximum absolute atomic E-state index is 12.4. The van der Waals surface area contributed by atoms with Crippen molar-refractivity contribution < 1.29 is 27.5 Å². The van der Waals surface area contributed by atoms with Gasteiger partial charge in [-0.25, -0.2) is 4.98 Å². The van der Waals surface area contributed by atoms with Gasteiger partial charge >= 0.3 is 6.36 Å². The molecule has 0 aliphatic carbocycles. The molecular weight excluding hydrogens is 383 g/mol. The number of hydrogen-bond acceptors (Lipinski definition) is 5. The van der Waals surface area contributed by atoms with E-state index in [2.05, 4.69) is 15.0 Å². The van der Waals surface area contributed by atoms with Crippen LogP contribution in [0.3, 0.4) is 0 Å². The summed E-state index contributed by atoms with van der Waals surface area (Å²) in [7, 11) is 0. The third kappa shape index (κ3) is 5.19. The van der Waals surface area contributed by atoms with E-state index in [1.54, 1.807) is 16.3 Å². The quantitative estimate of drug-likeness (QED) is 0.811. The number of anilines is 1. The summed E-state index contributed by atoms with van der Waals surface area (Å²) in [5.41, 5.74) is 0.719. The average Bonchev–Trinajstić information content (AvgIpc) is 3.21. The van der Waals surface area contributed by atoms with Crippen molar-refractivity contribution in [2.75, 3.05) is 11.4 Å². The molecule has 1 fully saturated rings. The van der Waals surface area contributed by atoms with Crippen LogP contribution < -0.4 is 15.0 Å². The third-order valence-corrected chi connectivity index (χ3v) is 4.77. The van der Waals surface area contributed by atoms with Crippen LogP contribution in [0, 0.1) is 0 Å². The summed E-state index contributed by atoms with van der Waals surface area (Å²) < 4.78 is 41.2. The molecule has 0 bridgehead atoms. The van der Waals surface area contributed by atoms with Crippen molar-refractivity contribution in [3.05, 3.63) is 40.9 Å². The molecule has 6 nitrogen and oxygen atoms in total. The molecule has 1 aromatic carbocycles. The predicted molar refractivity (Wildman–Crippen MR) is 92.4 cm³/mol. The van der Waals surface area contributed by atoms with E-state index in [1.165, 1.54) is 29.5 Å². The summed E-state index contributed by atoms with van der Waals surface area (Å²) in [6, 6.07) is 5.61. The molecule has 1 aliphatic heterocycles. The third-order valence-electron chi connectivity index (χ3n) is 3.86. The Kier molecular flexibility index (Phi) is 5.64. The topological polar surface area (TPSA) is 71.5 Å². The van der Waals surface area contributed by atoms with Crippen LogP contribution in [0.2, 0.25) is 0 Å². The Morgan fingerprint density at radius 3 is 2.81 bits per heavy atom. The van der Waals surface area contributed by atoms with Gasteiger partial charge in [0.15, 0.2) is 5.13 Å². The molecule has 0 radical (unpaired) electrons. The highest BCUT2D eigenvalue weighted by Crippen LogP contribution is 2.27. The van der Waals surface area contributed by atoms with Crippen LogP contribution in [0.5, 0.6) is 5.75 Å². The lowest BCUT2D eigenvalue weighted by Gasteiger charge is -2.13. The van der Waals surface area contributed by atoms with E-state index in [4.69, 9.17) is 0 Å². The van der Waals surface area contributed by atoms with E-state index in [9.17, 15) is 22.8 Å². The monoisotopic (exact) mass is 399 g/mol. The van der Waals surface area contributed by atoms with Crippen molar-refractivity contribution in [2.24, 2.45) is 0 Å². The highest BCUT2D eigenvalue weighted by Gasteiger charge is 2.32. The molecule has 0 atom stereocenters. The Bertz CT molecular complexity index is 838. The zero-order valence-corrected chi connectivity index (χ0v) is 14.9. The lowest BCUT2D eigenvalue weighted by atomic mass is 10.2. The van der Waals surface area contributed by atoms with Gasteiger partial charge in [0.25, 0.3) is 0 Å². The first-order chi connectivity index (χ1) is 12.8. The molecule has 1 N–H and O–H groups in total. The number of para-hydroxylation sites is 1. The lowest BCUT2D eigenvalue weighted by molar-refractivity contribution is -0.274. The molecule has 0 spiro atoms. The molecular formula is C17H16F3N3O3S. The van der Waals surface area contributed by atoms with Gasteiger partial charge in [0.2, 0.25) is 11.8 Å². The standard InChI is InChI=1S/C17H16F3N3O3S/c18-17(19,20)26-13-5-2-1-4-11(13)9-21-14(24)8-12-10-27-16(22-12)23-7-3-6-15(23)25/h1-2,4-5,10H,3,6-9H2,(H,21,24). The van der Waals surface area contributed by atoms with Gasteiger partial charge in [0, 0.05) is 30.5 Å². The number of aromatic nitrogens is 1. The number of thiazole rings is 1. The Balaban J connectivity index is 1.56. The second-order valence-corrected chi connectivity index (χ2v) is 6.72. The van der Waals surface area contributed by atoms with Gasteiger partial charge in [-0.15, -0.1) is 24.5 Å². The van der Waals surface area contributed by atoms with E-state index in [0.29, 0.717) is 23.8 Å². The zero-order chi connectivity index (χ0) is 19.4. The smallest absolute Gasteiger partial charge is 0.405 e. The molecule has 2 heterocycles. The number of halogens is 3. The van der Waals surface area contributed by atoms with E-state index >= 15 is 0 Å². The lowest BCUT2D eigenvalue weighted by Crippen LogP contribution is -2.26. The largest absolute Gasteiger partial charge is 0.573 e. The van der Waals surface area contributed by atoms with Crippen molar-refractivity contribution >= 4 is 28.3 Å². The normalized spacial score (nSPS) is 14.5. The van der Waals surface area contributed by atoms with Crippen LogP contribution in [0.15, 0.2) is 29.6 Å². The first kappa shape index (κ1) is 19.2. The van der Waals surface area contributed by atoms with Crippen molar-refractivity contribution in [1.29, 1.82) is 0 Å². The van der Waals surface area contributed by atoms with Gasteiger partial charge in [0.1, 0.15) is 5.75 Å². The highest BCUT2D eigenvalue weighted by molar-refractivity contribution is 7.14. The summed E-state index contributed by atoms with van der Waals surface area (Å²) >= 11 is 1.28. The molecule has 1 saturated heterocycles. The Labute approximate surface area is 157 Å². The summed E-state index contributed by atoms with van der Waals surface area (Å²) in [5.74, 6) is -0.725. The molecule has 0 saturated carbocycles. The number of rotatable bonds is 6. The summed E-state index contributed by atoms with van der Waals surface area (Å²) in [5, 5.41) is 4.81. The fourth-order valence-electron chi connectivity index (χ4n) is 2.65. The van der Waals surface area contributed by atoms with Gasteiger partial charge in [-0.05, 0) is 12.5 Å². The second-order valence-electron chi connectivity index (χ2n) is 5.88.